The van der Waals surface area contributed by atoms with Gasteiger partial charge in [-0.25, -0.2) is 0 Å². The van der Waals surface area contributed by atoms with Crippen LogP contribution < -0.4 is 0 Å². The predicted molar refractivity (Wildman–Crippen MR) is 70.9 cm³/mol. The first-order chi connectivity index (χ1) is 8.20. The summed E-state index contributed by atoms with van der Waals surface area (Å²) in [6, 6.07) is 11.2. The molecule has 0 aromatic heterocycles. The maximum Gasteiger partial charge on any atom is 0.0695 e. The van der Waals surface area contributed by atoms with Gasteiger partial charge in [0.15, 0.2) is 0 Å². The molecule has 0 saturated heterocycles. The molecule has 1 N–H and O–H groups in total. The first-order valence-electron chi connectivity index (χ1n) is 6.65. The molecule has 0 heterocycles. The van der Waals surface area contributed by atoms with Gasteiger partial charge in [0.2, 0.25) is 0 Å². The Hall–Kier alpha value is -0.860. The summed E-state index contributed by atoms with van der Waals surface area (Å²) in [7, 11) is 2.14. The van der Waals surface area contributed by atoms with Crippen molar-refractivity contribution in [3.05, 3.63) is 35.9 Å². The first-order valence-corrected chi connectivity index (χ1v) is 6.65. The Labute approximate surface area is 104 Å². The van der Waals surface area contributed by atoms with Crippen LogP contribution in [-0.2, 0) is 0 Å². The van der Waals surface area contributed by atoms with E-state index in [-0.39, 0.29) is 6.10 Å². The summed E-state index contributed by atoms with van der Waals surface area (Å²) < 4.78 is 0. The van der Waals surface area contributed by atoms with E-state index in [4.69, 9.17) is 0 Å². The molecule has 3 atom stereocenters. The summed E-state index contributed by atoms with van der Waals surface area (Å²) in [6.45, 7) is 2.22. The maximum absolute atomic E-state index is 10.1. The van der Waals surface area contributed by atoms with Gasteiger partial charge in [-0.05, 0) is 32.4 Å². The van der Waals surface area contributed by atoms with Gasteiger partial charge in [-0.15, -0.1) is 0 Å². The summed E-state index contributed by atoms with van der Waals surface area (Å²) in [4.78, 5) is 2.33. The Bertz CT molecular complexity index is 338. The lowest BCUT2D eigenvalue weighted by Crippen LogP contribution is -2.44. The highest BCUT2D eigenvalue weighted by atomic mass is 16.3. The third-order valence-corrected chi connectivity index (χ3v) is 4.11. The van der Waals surface area contributed by atoms with Gasteiger partial charge in [0.25, 0.3) is 0 Å². The van der Waals surface area contributed by atoms with Crippen molar-refractivity contribution < 1.29 is 5.11 Å². The summed E-state index contributed by atoms with van der Waals surface area (Å²) in [5.74, 6) is 0. The third kappa shape index (κ3) is 2.88. The number of hydrogen-bond donors (Lipinski definition) is 1. The molecule has 2 heteroatoms. The number of benzene rings is 1. The molecular formula is C15H23NO. The second-order valence-electron chi connectivity index (χ2n) is 5.17. The zero-order chi connectivity index (χ0) is 12.3. The van der Waals surface area contributed by atoms with E-state index in [1.807, 2.05) is 6.07 Å². The fraction of sp³-hybridized carbons (Fsp3) is 0.600. The normalized spacial score (nSPS) is 27.1. The van der Waals surface area contributed by atoms with Crippen molar-refractivity contribution in [3.8, 4) is 0 Å². The largest absolute Gasteiger partial charge is 0.391 e. The van der Waals surface area contributed by atoms with E-state index in [0.717, 1.165) is 12.8 Å². The van der Waals surface area contributed by atoms with Gasteiger partial charge in [0.05, 0.1) is 6.10 Å². The smallest absolute Gasteiger partial charge is 0.0695 e. The molecular weight excluding hydrogens is 210 g/mol. The van der Waals surface area contributed by atoms with Crippen molar-refractivity contribution in [2.45, 2.75) is 50.8 Å². The summed E-state index contributed by atoms with van der Waals surface area (Å²) in [5.41, 5.74) is 1.33. The molecule has 2 nitrogen and oxygen atoms in total. The van der Waals surface area contributed by atoms with Gasteiger partial charge in [0.1, 0.15) is 0 Å². The molecule has 94 valence electrons. The SMILES string of the molecule is CC(c1ccccc1)N(C)C1CCCCC1O. The standard InChI is InChI=1S/C15H23NO/c1-12(13-8-4-3-5-9-13)16(2)14-10-6-7-11-15(14)17/h3-5,8-9,12,14-15,17H,6-7,10-11H2,1-2H3. The zero-order valence-electron chi connectivity index (χ0n) is 10.8. The summed E-state index contributed by atoms with van der Waals surface area (Å²) in [5, 5.41) is 10.1. The molecule has 1 aliphatic carbocycles. The van der Waals surface area contributed by atoms with Crippen LogP contribution in [0.3, 0.4) is 0 Å². The lowest BCUT2D eigenvalue weighted by molar-refractivity contribution is 0.0155. The molecule has 1 saturated carbocycles. The van der Waals surface area contributed by atoms with Gasteiger partial charge in [-0.1, -0.05) is 43.2 Å². The Morgan fingerprint density at radius 1 is 1.18 bits per heavy atom. The van der Waals surface area contributed by atoms with E-state index in [0.29, 0.717) is 12.1 Å². The number of aliphatic hydroxyl groups is 1. The van der Waals surface area contributed by atoms with E-state index in [2.05, 4.69) is 43.1 Å². The molecule has 1 aromatic rings. The molecule has 0 bridgehead atoms. The predicted octanol–water partition coefficient (Wildman–Crippen LogP) is 2.98. The number of rotatable bonds is 3. The molecule has 17 heavy (non-hydrogen) atoms. The third-order valence-electron chi connectivity index (χ3n) is 4.11. The second kappa shape index (κ2) is 5.65. The van der Waals surface area contributed by atoms with E-state index in [1.54, 1.807) is 0 Å². The highest BCUT2D eigenvalue weighted by Gasteiger charge is 2.29. The molecule has 0 aliphatic heterocycles. The Kier molecular flexibility index (Phi) is 4.19. The minimum Gasteiger partial charge on any atom is -0.391 e. The Balaban J connectivity index is 2.06. The number of hydrogen-bond acceptors (Lipinski definition) is 2. The van der Waals surface area contributed by atoms with Crippen LogP contribution in [0.4, 0.5) is 0 Å². The number of likely N-dealkylation sites (N-methyl/N-ethyl adjacent to an activating group) is 1. The van der Waals surface area contributed by atoms with Gasteiger partial charge in [-0.2, -0.15) is 0 Å². The van der Waals surface area contributed by atoms with Crippen molar-refractivity contribution in [3.63, 3.8) is 0 Å². The average molecular weight is 233 g/mol. The van der Waals surface area contributed by atoms with Gasteiger partial charge >= 0.3 is 0 Å². The van der Waals surface area contributed by atoms with Crippen LogP contribution in [0.25, 0.3) is 0 Å². The van der Waals surface area contributed by atoms with Crippen LogP contribution in [-0.4, -0.2) is 29.2 Å². The van der Waals surface area contributed by atoms with Crippen molar-refractivity contribution in [1.29, 1.82) is 0 Å². The number of aliphatic hydroxyl groups excluding tert-OH is 1. The van der Waals surface area contributed by atoms with Crippen LogP contribution in [0.15, 0.2) is 30.3 Å². The topological polar surface area (TPSA) is 23.5 Å². The molecule has 0 amide bonds. The second-order valence-corrected chi connectivity index (χ2v) is 5.17. The quantitative estimate of drug-likeness (QED) is 0.867. The van der Waals surface area contributed by atoms with Crippen molar-refractivity contribution in [2.75, 3.05) is 7.05 Å². The van der Waals surface area contributed by atoms with E-state index in [1.165, 1.54) is 18.4 Å². The molecule has 0 radical (unpaired) electrons. The van der Waals surface area contributed by atoms with Crippen LogP contribution in [0.1, 0.15) is 44.2 Å². The Morgan fingerprint density at radius 2 is 1.82 bits per heavy atom. The maximum atomic E-state index is 10.1. The van der Waals surface area contributed by atoms with Crippen molar-refractivity contribution in [2.24, 2.45) is 0 Å². The molecule has 1 aromatic carbocycles. The fourth-order valence-corrected chi connectivity index (χ4v) is 2.82. The summed E-state index contributed by atoms with van der Waals surface area (Å²) >= 11 is 0. The van der Waals surface area contributed by atoms with Gasteiger partial charge in [-0.3, -0.25) is 4.90 Å². The van der Waals surface area contributed by atoms with Crippen molar-refractivity contribution >= 4 is 0 Å². The van der Waals surface area contributed by atoms with Crippen LogP contribution >= 0.6 is 0 Å². The summed E-state index contributed by atoms with van der Waals surface area (Å²) in [6.07, 6.45) is 4.34. The zero-order valence-corrected chi connectivity index (χ0v) is 10.8. The highest BCUT2D eigenvalue weighted by molar-refractivity contribution is 5.18. The number of nitrogens with zero attached hydrogens (tertiary/aromatic N) is 1. The van der Waals surface area contributed by atoms with Crippen LogP contribution in [0.2, 0.25) is 0 Å². The molecule has 1 aliphatic rings. The van der Waals surface area contributed by atoms with Crippen LogP contribution in [0.5, 0.6) is 0 Å². The minimum absolute atomic E-state index is 0.153. The highest BCUT2D eigenvalue weighted by Crippen LogP contribution is 2.28. The lowest BCUT2D eigenvalue weighted by atomic mass is 9.90. The molecule has 2 rings (SSSR count). The van der Waals surface area contributed by atoms with Crippen molar-refractivity contribution in [1.82, 2.24) is 4.90 Å². The first kappa shape index (κ1) is 12.6. The monoisotopic (exact) mass is 233 g/mol. The van der Waals surface area contributed by atoms with E-state index >= 15 is 0 Å². The van der Waals surface area contributed by atoms with E-state index < -0.39 is 0 Å². The average Bonchev–Trinajstić information content (AvgIpc) is 2.39. The molecule has 3 unspecified atom stereocenters. The molecule has 1 fully saturated rings. The van der Waals surface area contributed by atoms with Gasteiger partial charge in [0, 0.05) is 12.1 Å². The minimum atomic E-state index is -0.153. The van der Waals surface area contributed by atoms with Crippen LogP contribution in [0, 0.1) is 0 Å². The Morgan fingerprint density at radius 3 is 2.47 bits per heavy atom. The lowest BCUT2D eigenvalue weighted by Gasteiger charge is -2.38. The van der Waals surface area contributed by atoms with Gasteiger partial charge < -0.3 is 5.11 Å². The molecule has 0 spiro atoms. The van der Waals surface area contributed by atoms with E-state index in [9.17, 15) is 5.11 Å². The fourth-order valence-electron chi connectivity index (χ4n) is 2.82.